The molecule has 0 fully saturated rings. The van der Waals surface area contributed by atoms with Crippen molar-refractivity contribution in [1.82, 2.24) is 0 Å². The van der Waals surface area contributed by atoms with Crippen molar-refractivity contribution in [3.05, 3.63) is 65.0 Å². The Morgan fingerprint density at radius 1 is 1.33 bits per heavy atom. The molecule has 0 heterocycles. The lowest BCUT2D eigenvalue weighted by atomic mass is 10.1. The van der Waals surface area contributed by atoms with Gasteiger partial charge in [0.1, 0.15) is 18.2 Å². The number of halogens is 1. The van der Waals surface area contributed by atoms with E-state index in [-0.39, 0.29) is 12.2 Å². The van der Waals surface area contributed by atoms with E-state index in [0.717, 1.165) is 5.56 Å². The summed E-state index contributed by atoms with van der Waals surface area (Å²) < 4.78 is 19.2. The smallest absolute Gasteiger partial charge is 0.131 e. The Balaban J connectivity index is 2.12. The second kappa shape index (κ2) is 6.53. The van der Waals surface area contributed by atoms with Crippen molar-refractivity contribution in [1.29, 1.82) is 5.26 Å². The Kier molecular flexibility index (Phi) is 4.52. The van der Waals surface area contributed by atoms with Crippen LogP contribution in [0.2, 0.25) is 0 Å². The van der Waals surface area contributed by atoms with E-state index in [2.05, 4.69) is 5.16 Å². The highest BCUT2D eigenvalue weighted by molar-refractivity contribution is 5.98. The summed E-state index contributed by atoms with van der Waals surface area (Å²) in [4.78, 5) is 0. The Morgan fingerprint density at radius 2 is 2.14 bits per heavy atom. The van der Waals surface area contributed by atoms with Crippen molar-refractivity contribution in [2.45, 2.75) is 13.5 Å². The van der Waals surface area contributed by atoms with Gasteiger partial charge in [0, 0.05) is 11.1 Å². The maximum atomic E-state index is 13.7. The van der Waals surface area contributed by atoms with Crippen LogP contribution in [-0.2, 0) is 6.61 Å². The van der Waals surface area contributed by atoms with E-state index in [1.807, 2.05) is 6.07 Å². The molecule has 0 unspecified atom stereocenters. The van der Waals surface area contributed by atoms with Gasteiger partial charge in [-0.15, -0.1) is 0 Å². The molecule has 0 saturated heterocycles. The number of ether oxygens (including phenoxy) is 1. The molecule has 0 bridgehead atoms. The summed E-state index contributed by atoms with van der Waals surface area (Å²) in [5.74, 6) is 0.0672. The Bertz CT molecular complexity index is 720. The van der Waals surface area contributed by atoms with E-state index in [1.165, 1.54) is 12.1 Å². The molecule has 0 aromatic heterocycles. The SMILES string of the molecule is C/C(=N\O)c1cccc(OCc2ccc(C#N)cc2F)c1. The van der Waals surface area contributed by atoms with E-state index in [9.17, 15) is 4.39 Å². The first-order valence-electron chi connectivity index (χ1n) is 6.24. The summed E-state index contributed by atoms with van der Waals surface area (Å²) in [7, 11) is 0. The summed E-state index contributed by atoms with van der Waals surface area (Å²) in [5, 5.41) is 20.6. The van der Waals surface area contributed by atoms with Crippen molar-refractivity contribution in [2.75, 3.05) is 0 Å². The molecule has 0 aliphatic rings. The molecule has 4 nitrogen and oxygen atoms in total. The molecule has 0 saturated carbocycles. The Labute approximate surface area is 121 Å². The van der Waals surface area contributed by atoms with E-state index in [4.69, 9.17) is 15.2 Å². The minimum absolute atomic E-state index is 0.0519. The zero-order valence-corrected chi connectivity index (χ0v) is 11.4. The molecule has 106 valence electrons. The highest BCUT2D eigenvalue weighted by Gasteiger charge is 2.06. The third kappa shape index (κ3) is 3.57. The van der Waals surface area contributed by atoms with Crippen molar-refractivity contribution < 1.29 is 14.3 Å². The minimum Gasteiger partial charge on any atom is -0.489 e. The Hall–Kier alpha value is -2.87. The van der Waals surface area contributed by atoms with Crippen molar-refractivity contribution >= 4 is 5.71 Å². The van der Waals surface area contributed by atoms with Crippen LogP contribution in [0, 0.1) is 17.1 Å². The molecule has 0 atom stereocenters. The maximum absolute atomic E-state index is 13.7. The molecule has 0 radical (unpaired) electrons. The number of oxime groups is 1. The molecular formula is C16H13FN2O2. The molecule has 1 N–H and O–H groups in total. The fourth-order valence-electron chi connectivity index (χ4n) is 1.76. The first kappa shape index (κ1) is 14.5. The fourth-order valence-corrected chi connectivity index (χ4v) is 1.76. The number of hydrogen-bond donors (Lipinski definition) is 1. The van der Waals surface area contributed by atoms with Crippen LogP contribution in [-0.4, -0.2) is 10.9 Å². The van der Waals surface area contributed by atoms with Crippen LogP contribution in [0.1, 0.15) is 23.6 Å². The largest absolute Gasteiger partial charge is 0.489 e. The van der Waals surface area contributed by atoms with Crippen LogP contribution in [0.4, 0.5) is 4.39 Å². The first-order valence-corrected chi connectivity index (χ1v) is 6.24. The standard InChI is InChI=1S/C16H13FN2O2/c1-11(19-20)13-3-2-4-15(8-13)21-10-14-6-5-12(9-18)7-16(14)17/h2-8,20H,10H2,1H3/b19-11+. The zero-order valence-electron chi connectivity index (χ0n) is 11.4. The lowest BCUT2D eigenvalue weighted by Crippen LogP contribution is -2.00. The molecule has 0 amide bonds. The van der Waals surface area contributed by atoms with E-state index >= 15 is 0 Å². The monoisotopic (exact) mass is 284 g/mol. The predicted molar refractivity (Wildman–Crippen MR) is 75.9 cm³/mol. The van der Waals surface area contributed by atoms with Gasteiger partial charge in [0.25, 0.3) is 0 Å². The van der Waals surface area contributed by atoms with Gasteiger partial charge in [-0.1, -0.05) is 23.4 Å². The highest BCUT2D eigenvalue weighted by atomic mass is 19.1. The van der Waals surface area contributed by atoms with Crippen LogP contribution in [0.5, 0.6) is 5.75 Å². The number of nitriles is 1. The molecule has 0 aliphatic carbocycles. The van der Waals surface area contributed by atoms with Crippen LogP contribution >= 0.6 is 0 Å². The molecule has 5 heteroatoms. The molecule has 0 aliphatic heterocycles. The lowest BCUT2D eigenvalue weighted by molar-refractivity contribution is 0.299. The first-order chi connectivity index (χ1) is 10.1. The minimum atomic E-state index is -0.474. The zero-order chi connectivity index (χ0) is 15.2. The number of hydrogen-bond acceptors (Lipinski definition) is 4. The van der Waals surface area contributed by atoms with Gasteiger partial charge in [-0.2, -0.15) is 5.26 Å². The normalized spacial score (nSPS) is 11.0. The maximum Gasteiger partial charge on any atom is 0.131 e. The number of nitrogens with zero attached hydrogens (tertiary/aromatic N) is 2. The van der Waals surface area contributed by atoms with Crippen molar-refractivity contribution in [3.8, 4) is 11.8 Å². The second-order valence-electron chi connectivity index (χ2n) is 4.42. The third-order valence-electron chi connectivity index (χ3n) is 2.98. The topological polar surface area (TPSA) is 65.6 Å². The van der Waals surface area contributed by atoms with Crippen LogP contribution in [0.15, 0.2) is 47.6 Å². The van der Waals surface area contributed by atoms with Gasteiger partial charge in [-0.3, -0.25) is 0 Å². The average Bonchev–Trinajstić information content (AvgIpc) is 2.53. The number of benzene rings is 2. The molecule has 0 spiro atoms. The van der Waals surface area contributed by atoms with Gasteiger partial charge in [-0.05, 0) is 31.2 Å². The van der Waals surface area contributed by atoms with Crippen molar-refractivity contribution in [2.24, 2.45) is 5.16 Å². The second-order valence-corrected chi connectivity index (χ2v) is 4.42. The summed E-state index contributed by atoms with van der Waals surface area (Å²) in [6.07, 6.45) is 0. The van der Waals surface area contributed by atoms with Gasteiger partial charge in [0.15, 0.2) is 0 Å². The molecule has 2 aromatic carbocycles. The highest BCUT2D eigenvalue weighted by Crippen LogP contribution is 2.17. The van der Waals surface area contributed by atoms with Crippen LogP contribution in [0.25, 0.3) is 0 Å². The predicted octanol–water partition coefficient (Wildman–Crippen LogP) is 3.47. The van der Waals surface area contributed by atoms with Gasteiger partial charge in [0.05, 0.1) is 17.3 Å². The molecule has 2 rings (SSSR count). The summed E-state index contributed by atoms with van der Waals surface area (Å²) in [6.45, 7) is 1.72. The van der Waals surface area contributed by atoms with Gasteiger partial charge >= 0.3 is 0 Å². The summed E-state index contributed by atoms with van der Waals surface area (Å²) in [5.41, 5.74) is 1.82. The number of rotatable bonds is 4. The molecule has 2 aromatic rings. The quantitative estimate of drug-likeness (QED) is 0.531. The lowest BCUT2D eigenvalue weighted by Gasteiger charge is -2.08. The van der Waals surface area contributed by atoms with Crippen LogP contribution in [0.3, 0.4) is 0 Å². The third-order valence-corrected chi connectivity index (χ3v) is 2.98. The van der Waals surface area contributed by atoms with Crippen LogP contribution < -0.4 is 4.74 Å². The van der Waals surface area contributed by atoms with E-state index < -0.39 is 5.82 Å². The molecular weight excluding hydrogens is 271 g/mol. The van der Waals surface area contributed by atoms with Gasteiger partial charge in [-0.25, -0.2) is 4.39 Å². The van der Waals surface area contributed by atoms with Gasteiger partial charge < -0.3 is 9.94 Å². The van der Waals surface area contributed by atoms with Gasteiger partial charge in [0.2, 0.25) is 0 Å². The van der Waals surface area contributed by atoms with Crippen molar-refractivity contribution in [3.63, 3.8) is 0 Å². The average molecular weight is 284 g/mol. The molecule has 21 heavy (non-hydrogen) atoms. The van der Waals surface area contributed by atoms with E-state index in [1.54, 1.807) is 37.3 Å². The van der Waals surface area contributed by atoms with E-state index in [0.29, 0.717) is 17.0 Å². The summed E-state index contributed by atoms with van der Waals surface area (Å²) in [6, 6.07) is 13.1. The fraction of sp³-hybridized carbons (Fsp3) is 0.125. The Morgan fingerprint density at radius 3 is 2.81 bits per heavy atom. The summed E-state index contributed by atoms with van der Waals surface area (Å²) >= 11 is 0.